The number of aryl methyl sites for hydroxylation is 1. The molecule has 0 aliphatic rings. The van der Waals surface area contributed by atoms with E-state index in [-0.39, 0.29) is 39.4 Å². The number of rotatable bonds is 9. The maximum absolute atomic E-state index is 12.6. The first kappa shape index (κ1) is 23.6. The largest absolute Gasteiger partial charge is 0.459 e. The molecule has 29 heavy (non-hydrogen) atoms. The van der Waals surface area contributed by atoms with Gasteiger partial charge in [0.05, 0.1) is 20.6 Å². The maximum atomic E-state index is 12.6. The van der Waals surface area contributed by atoms with Crippen LogP contribution in [-0.4, -0.2) is 33.3 Å². The van der Waals surface area contributed by atoms with Crippen LogP contribution in [0.25, 0.3) is 0 Å². The molecule has 1 N–H and O–H groups in total. The molecule has 0 heterocycles. The predicted molar refractivity (Wildman–Crippen MR) is 113 cm³/mol. The van der Waals surface area contributed by atoms with Gasteiger partial charge in [-0.05, 0) is 50.2 Å². The molecule has 0 fully saturated rings. The van der Waals surface area contributed by atoms with Crippen LogP contribution in [0.5, 0.6) is 0 Å². The topological polar surface area (TPSA) is 93.5 Å². The van der Waals surface area contributed by atoms with E-state index in [0.717, 1.165) is 17.8 Å². The summed E-state index contributed by atoms with van der Waals surface area (Å²) in [6, 6.07) is 9.03. The van der Waals surface area contributed by atoms with Gasteiger partial charge in [0.25, 0.3) is 10.1 Å². The molecular formula is C19H18Cl3NO5S. The molecule has 0 amide bonds. The zero-order valence-electron chi connectivity index (χ0n) is 15.3. The second kappa shape index (κ2) is 10.4. The van der Waals surface area contributed by atoms with E-state index in [9.17, 15) is 13.2 Å². The summed E-state index contributed by atoms with van der Waals surface area (Å²) in [6.07, 6.45) is 0.471. The van der Waals surface area contributed by atoms with E-state index in [1.54, 1.807) is 24.3 Å². The standard InChI is InChI=1S/C19H18Cl3NO5S/c1-12-4-6-13(7-5-12)19(24)27-11-14(3-2-8-23)28-29(25,26)18-10-16(21)15(20)9-17(18)22/h4-10,14,23H,2-3,11H2,1H3/t14-/m0/s1. The summed E-state index contributed by atoms with van der Waals surface area (Å²) in [5.41, 5.74) is 1.31. The molecule has 0 aliphatic carbocycles. The van der Waals surface area contributed by atoms with Crippen molar-refractivity contribution in [1.29, 1.82) is 5.41 Å². The van der Waals surface area contributed by atoms with E-state index >= 15 is 0 Å². The lowest BCUT2D eigenvalue weighted by atomic mass is 10.1. The Balaban J connectivity index is 2.15. The Morgan fingerprint density at radius 1 is 1.10 bits per heavy atom. The van der Waals surface area contributed by atoms with Crippen LogP contribution in [0.2, 0.25) is 15.1 Å². The van der Waals surface area contributed by atoms with Crippen LogP contribution in [0.3, 0.4) is 0 Å². The number of hydrogen-bond donors (Lipinski definition) is 1. The monoisotopic (exact) mass is 477 g/mol. The quantitative estimate of drug-likeness (QED) is 0.228. The fraction of sp³-hybridized carbons (Fsp3) is 0.263. The predicted octanol–water partition coefficient (Wildman–Crippen LogP) is 5.32. The average molecular weight is 479 g/mol. The highest BCUT2D eigenvalue weighted by Crippen LogP contribution is 2.33. The number of nitrogens with one attached hydrogen (secondary N) is 1. The second-order valence-corrected chi connectivity index (χ2v) is 8.88. The third-order valence-electron chi connectivity index (χ3n) is 3.83. The van der Waals surface area contributed by atoms with Gasteiger partial charge in [-0.2, -0.15) is 8.42 Å². The van der Waals surface area contributed by atoms with Gasteiger partial charge >= 0.3 is 5.97 Å². The van der Waals surface area contributed by atoms with E-state index in [1.807, 2.05) is 6.92 Å². The lowest BCUT2D eigenvalue weighted by Gasteiger charge is -2.18. The van der Waals surface area contributed by atoms with Gasteiger partial charge in [-0.3, -0.25) is 4.18 Å². The number of carbonyl (C=O) groups excluding carboxylic acids is 1. The minimum Gasteiger partial charge on any atom is -0.459 e. The summed E-state index contributed by atoms with van der Waals surface area (Å²) in [4.78, 5) is 11.8. The average Bonchev–Trinajstić information content (AvgIpc) is 2.66. The molecule has 0 saturated heterocycles. The Hall–Kier alpha value is -1.64. The number of carbonyl (C=O) groups is 1. The van der Waals surface area contributed by atoms with E-state index in [0.29, 0.717) is 5.56 Å². The Morgan fingerprint density at radius 3 is 2.34 bits per heavy atom. The molecule has 2 aromatic rings. The third-order valence-corrected chi connectivity index (χ3v) is 6.38. The summed E-state index contributed by atoms with van der Waals surface area (Å²) < 4.78 is 35.7. The molecule has 0 radical (unpaired) electrons. The Morgan fingerprint density at radius 2 is 1.72 bits per heavy atom. The molecule has 0 bridgehead atoms. The maximum Gasteiger partial charge on any atom is 0.338 e. The first-order valence-electron chi connectivity index (χ1n) is 8.44. The molecule has 0 spiro atoms. The van der Waals surface area contributed by atoms with Crippen molar-refractivity contribution >= 4 is 57.1 Å². The van der Waals surface area contributed by atoms with Crippen LogP contribution in [0, 0.1) is 12.3 Å². The zero-order valence-corrected chi connectivity index (χ0v) is 18.4. The lowest BCUT2D eigenvalue weighted by Crippen LogP contribution is -2.26. The van der Waals surface area contributed by atoms with Crippen LogP contribution < -0.4 is 0 Å². The molecule has 2 rings (SSSR count). The van der Waals surface area contributed by atoms with Gasteiger partial charge in [0.15, 0.2) is 0 Å². The summed E-state index contributed by atoms with van der Waals surface area (Å²) in [6.45, 7) is 1.56. The Kier molecular flexibility index (Phi) is 8.48. The lowest BCUT2D eigenvalue weighted by molar-refractivity contribution is 0.0311. The second-order valence-electron chi connectivity index (χ2n) is 6.12. The van der Waals surface area contributed by atoms with Gasteiger partial charge in [0.2, 0.25) is 0 Å². The number of ether oxygens (including phenoxy) is 1. The van der Waals surface area contributed by atoms with E-state index < -0.39 is 22.2 Å². The molecule has 1 atom stereocenters. The van der Waals surface area contributed by atoms with Crippen molar-refractivity contribution in [1.82, 2.24) is 0 Å². The molecule has 0 aromatic heterocycles. The van der Waals surface area contributed by atoms with Crippen LogP contribution in [0.15, 0.2) is 41.3 Å². The van der Waals surface area contributed by atoms with Gasteiger partial charge in [0.1, 0.15) is 17.6 Å². The Labute approximate surface area is 184 Å². The smallest absolute Gasteiger partial charge is 0.338 e. The molecule has 0 aliphatic heterocycles. The normalized spacial score (nSPS) is 12.4. The van der Waals surface area contributed by atoms with Crippen molar-refractivity contribution < 1.29 is 22.1 Å². The molecule has 156 valence electrons. The van der Waals surface area contributed by atoms with E-state index in [2.05, 4.69) is 0 Å². The summed E-state index contributed by atoms with van der Waals surface area (Å²) in [7, 11) is -4.32. The molecule has 0 unspecified atom stereocenters. The zero-order chi connectivity index (χ0) is 21.6. The summed E-state index contributed by atoms with van der Waals surface area (Å²) in [5, 5.41) is 7.11. The van der Waals surface area contributed by atoms with Crippen molar-refractivity contribution in [3.8, 4) is 0 Å². The fourth-order valence-corrected chi connectivity index (χ4v) is 4.37. The van der Waals surface area contributed by atoms with Gasteiger partial charge in [-0.15, -0.1) is 0 Å². The van der Waals surface area contributed by atoms with Gasteiger partial charge in [-0.1, -0.05) is 52.5 Å². The van der Waals surface area contributed by atoms with Crippen molar-refractivity contribution in [3.63, 3.8) is 0 Å². The number of esters is 1. The van der Waals surface area contributed by atoms with Crippen molar-refractivity contribution in [2.75, 3.05) is 6.61 Å². The minimum atomic E-state index is -4.32. The number of hydrogen-bond acceptors (Lipinski definition) is 6. The van der Waals surface area contributed by atoms with Crippen LogP contribution in [0.1, 0.15) is 28.8 Å². The highest BCUT2D eigenvalue weighted by molar-refractivity contribution is 7.87. The molecule has 2 aromatic carbocycles. The van der Waals surface area contributed by atoms with Gasteiger partial charge < -0.3 is 10.1 Å². The summed E-state index contributed by atoms with van der Waals surface area (Å²) in [5.74, 6) is -0.613. The first-order valence-corrected chi connectivity index (χ1v) is 11.0. The van der Waals surface area contributed by atoms with E-state index in [1.165, 1.54) is 6.07 Å². The number of benzene rings is 2. The molecule has 10 heteroatoms. The molecule has 6 nitrogen and oxygen atoms in total. The van der Waals surface area contributed by atoms with Crippen molar-refractivity contribution in [2.24, 2.45) is 0 Å². The first-order chi connectivity index (χ1) is 13.6. The number of halogens is 3. The highest BCUT2D eigenvalue weighted by atomic mass is 35.5. The van der Waals surface area contributed by atoms with Crippen LogP contribution >= 0.6 is 34.8 Å². The minimum absolute atomic E-state index is 0.0000759. The fourth-order valence-electron chi connectivity index (χ4n) is 2.30. The van der Waals surface area contributed by atoms with Gasteiger partial charge in [0, 0.05) is 0 Å². The van der Waals surface area contributed by atoms with Crippen molar-refractivity contribution in [3.05, 3.63) is 62.6 Å². The van der Waals surface area contributed by atoms with E-state index in [4.69, 9.17) is 49.1 Å². The SMILES string of the molecule is Cc1ccc(C(=O)OC[C@H](CCC=N)OS(=O)(=O)c2cc(Cl)c(Cl)cc2Cl)cc1. The Bertz CT molecular complexity index is 994. The molecular weight excluding hydrogens is 461 g/mol. The van der Waals surface area contributed by atoms with Gasteiger partial charge in [-0.25, -0.2) is 4.79 Å². The van der Waals surface area contributed by atoms with Crippen LogP contribution in [0.4, 0.5) is 0 Å². The van der Waals surface area contributed by atoms with Crippen molar-refractivity contribution in [2.45, 2.75) is 30.8 Å². The highest BCUT2D eigenvalue weighted by Gasteiger charge is 2.26. The summed E-state index contributed by atoms with van der Waals surface area (Å²) >= 11 is 17.7. The molecule has 0 saturated carbocycles. The van der Waals surface area contributed by atoms with Crippen LogP contribution in [-0.2, 0) is 19.0 Å². The third kappa shape index (κ3) is 6.69.